The second-order valence-electron chi connectivity index (χ2n) is 4.47. The molecule has 0 aliphatic heterocycles. The van der Waals surface area contributed by atoms with Gasteiger partial charge in [0.25, 0.3) is 5.91 Å². The third-order valence-electron chi connectivity index (χ3n) is 2.96. The Balaban J connectivity index is 1.85. The first-order chi connectivity index (χ1) is 9.69. The third kappa shape index (κ3) is 4.17. The lowest BCUT2D eigenvalue weighted by Crippen LogP contribution is -2.25. The van der Waals surface area contributed by atoms with E-state index in [1.165, 1.54) is 12.1 Å². The summed E-state index contributed by atoms with van der Waals surface area (Å²) in [6.45, 7) is 0.489. The number of benzene rings is 2. The number of hydrogen-bond acceptors (Lipinski definition) is 1. The number of hydrogen-bond donors (Lipinski definition) is 1. The van der Waals surface area contributed by atoms with Gasteiger partial charge in [0.1, 0.15) is 5.82 Å². The van der Waals surface area contributed by atoms with Gasteiger partial charge < -0.3 is 5.32 Å². The highest BCUT2D eigenvalue weighted by Crippen LogP contribution is 2.08. The maximum Gasteiger partial charge on any atom is 0.251 e. The van der Waals surface area contributed by atoms with E-state index >= 15 is 0 Å². The van der Waals surface area contributed by atoms with Crippen molar-refractivity contribution in [3.8, 4) is 0 Å². The average molecular weight is 336 g/mol. The topological polar surface area (TPSA) is 29.1 Å². The summed E-state index contributed by atoms with van der Waals surface area (Å²) in [5.41, 5.74) is 2.63. The fraction of sp³-hybridized carbons (Fsp3) is 0.188. The number of carbonyl (C=O) groups excluding carboxylic acids is 1. The van der Waals surface area contributed by atoms with E-state index in [2.05, 4.69) is 21.2 Å². The first-order valence-electron chi connectivity index (χ1n) is 6.36. The highest BCUT2D eigenvalue weighted by atomic mass is 79.9. The van der Waals surface area contributed by atoms with Crippen LogP contribution in [-0.4, -0.2) is 12.5 Å². The van der Waals surface area contributed by atoms with E-state index in [1.807, 2.05) is 18.2 Å². The predicted molar refractivity (Wildman–Crippen MR) is 81.5 cm³/mol. The van der Waals surface area contributed by atoms with Gasteiger partial charge in [-0.1, -0.05) is 40.2 Å². The van der Waals surface area contributed by atoms with Crippen LogP contribution in [0.4, 0.5) is 4.39 Å². The van der Waals surface area contributed by atoms with Crippen LogP contribution in [0.1, 0.15) is 21.5 Å². The van der Waals surface area contributed by atoms with Gasteiger partial charge in [-0.2, -0.15) is 0 Å². The van der Waals surface area contributed by atoms with Crippen molar-refractivity contribution in [2.75, 3.05) is 6.54 Å². The highest BCUT2D eigenvalue weighted by Gasteiger charge is 2.04. The zero-order valence-electron chi connectivity index (χ0n) is 10.9. The van der Waals surface area contributed by atoms with E-state index in [9.17, 15) is 9.18 Å². The minimum Gasteiger partial charge on any atom is -0.352 e. The molecule has 0 spiro atoms. The first-order valence-corrected chi connectivity index (χ1v) is 7.49. The molecule has 0 unspecified atom stereocenters. The second kappa shape index (κ2) is 7.20. The smallest absolute Gasteiger partial charge is 0.251 e. The summed E-state index contributed by atoms with van der Waals surface area (Å²) in [6, 6.07) is 13.8. The van der Waals surface area contributed by atoms with Gasteiger partial charge in [-0.3, -0.25) is 4.79 Å². The molecule has 0 saturated carbocycles. The zero-order chi connectivity index (χ0) is 14.4. The molecular weight excluding hydrogens is 321 g/mol. The highest BCUT2D eigenvalue weighted by molar-refractivity contribution is 9.08. The van der Waals surface area contributed by atoms with Crippen LogP contribution in [0.25, 0.3) is 0 Å². The molecule has 0 aliphatic rings. The van der Waals surface area contributed by atoms with Crippen LogP contribution in [0.2, 0.25) is 0 Å². The summed E-state index contributed by atoms with van der Waals surface area (Å²) in [5.74, 6) is -0.360. The molecule has 0 fully saturated rings. The molecule has 20 heavy (non-hydrogen) atoms. The summed E-state index contributed by atoms with van der Waals surface area (Å²) >= 11 is 3.36. The number of halogens is 2. The summed E-state index contributed by atoms with van der Waals surface area (Å²) in [7, 11) is 0. The molecule has 2 aromatic rings. The standard InChI is InChI=1S/C16H15BrFNO/c17-11-13-4-6-14(7-5-13)16(20)19-9-8-12-2-1-3-15(18)10-12/h1-7,10H,8-9,11H2,(H,19,20). The van der Waals surface area contributed by atoms with E-state index in [-0.39, 0.29) is 11.7 Å². The monoisotopic (exact) mass is 335 g/mol. The Morgan fingerprint density at radius 1 is 1.10 bits per heavy atom. The lowest BCUT2D eigenvalue weighted by atomic mass is 10.1. The summed E-state index contributed by atoms with van der Waals surface area (Å²) < 4.78 is 13.0. The number of alkyl halides is 1. The Morgan fingerprint density at radius 2 is 1.85 bits per heavy atom. The molecule has 104 valence electrons. The third-order valence-corrected chi connectivity index (χ3v) is 3.61. The largest absolute Gasteiger partial charge is 0.352 e. The minimum atomic E-state index is -0.251. The Hall–Kier alpha value is -1.68. The van der Waals surface area contributed by atoms with Crippen molar-refractivity contribution < 1.29 is 9.18 Å². The Bertz CT molecular complexity index is 583. The summed E-state index contributed by atoms with van der Waals surface area (Å²) in [5, 5.41) is 3.60. The molecule has 0 radical (unpaired) electrons. The summed E-state index contributed by atoms with van der Waals surface area (Å²) in [6.07, 6.45) is 0.614. The van der Waals surface area contributed by atoms with E-state index in [0.717, 1.165) is 16.5 Å². The van der Waals surface area contributed by atoms with Crippen molar-refractivity contribution in [2.45, 2.75) is 11.8 Å². The zero-order valence-corrected chi connectivity index (χ0v) is 12.5. The van der Waals surface area contributed by atoms with Gasteiger partial charge in [-0.15, -0.1) is 0 Å². The van der Waals surface area contributed by atoms with Gasteiger partial charge in [0.2, 0.25) is 0 Å². The molecule has 2 aromatic carbocycles. The molecule has 2 rings (SSSR count). The summed E-state index contributed by atoms with van der Waals surface area (Å²) in [4.78, 5) is 11.9. The maximum atomic E-state index is 13.0. The van der Waals surface area contributed by atoms with Crippen LogP contribution in [0.5, 0.6) is 0 Å². The Morgan fingerprint density at radius 3 is 2.50 bits per heavy atom. The minimum absolute atomic E-state index is 0.109. The lowest BCUT2D eigenvalue weighted by Gasteiger charge is -2.06. The van der Waals surface area contributed by atoms with Crippen LogP contribution in [0, 0.1) is 5.82 Å². The molecule has 1 amide bonds. The van der Waals surface area contributed by atoms with E-state index < -0.39 is 0 Å². The van der Waals surface area contributed by atoms with Crippen LogP contribution in [0.3, 0.4) is 0 Å². The van der Waals surface area contributed by atoms with Gasteiger partial charge in [0.15, 0.2) is 0 Å². The number of amides is 1. The normalized spacial score (nSPS) is 10.3. The van der Waals surface area contributed by atoms with Crippen LogP contribution < -0.4 is 5.32 Å². The molecular formula is C16H15BrFNO. The van der Waals surface area contributed by atoms with Crippen molar-refractivity contribution in [3.63, 3.8) is 0 Å². The Labute approximate surface area is 126 Å². The van der Waals surface area contributed by atoms with Gasteiger partial charge in [0, 0.05) is 17.4 Å². The molecule has 0 bridgehead atoms. The fourth-order valence-corrected chi connectivity index (χ4v) is 2.23. The second-order valence-corrected chi connectivity index (χ2v) is 5.03. The van der Waals surface area contributed by atoms with Crippen molar-refractivity contribution >= 4 is 21.8 Å². The molecule has 2 nitrogen and oxygen atoms in total. The predicted octanol–water partition coefficient (Wildman–Crippen LogP) is 3.69. The van der Waals surface area contributed by atoms with Crippen LogP contribution in [-0.2, 0) is 11.8 Å². The van der Waals surface area contributed by atoms with Crippen molar-refractivity contribution in [3.05, 3.63) is 71.0 Å². The number of nitrogens with one attached hydrogen (secondary N) is 1. The SMILES string of the molecule is O=C(NCCc1cccc(F)c1)c1ccc(CBr)cc1. The molecule has 1 N–H and O–H groups in total. The lowest BCUT2D eigenvalue weighted by molar-refractivity contribution is 0.0954. The number of rotatable bonds is 5. The van der Waals surface area contributed by atoms with Gasteiger partial charge >= 0.3 is 0 Å². The van der Waals surface area contributed by atoms with E-state index in [4.69, 9.17) is 0 Å². The molecule has 0 heterocycles. The van der Waals surface area contributed by atoms with E-state index in [1.54, 1.807) is 18.2 Å². The van der Waals surface area contributed by atoms with E-state index in [0.29, 0.717) is 18.5 Å². The fourth-order valence-electron chi connectivity index (χ4n) is 1.86. The molecule has 0 saturated heterocycles. The van der Waals surface area contributed by atoms with Gasteiger partial charge in [0.05, 0.1) is 0 Å². The van der Waals surface area contributed by atoms with Crippen molar-refractivity contribution in [1.29, 1.82) is 0 Å². The van der Waals surface area contributed by atoms with Gasteiger partial charge in [-0.25, -0.2) is 4.39 Å². The quantitative estimate of drug-likeness (QED) is 0.829. The van der Waals surface area contributed by atoms with Crippen molar-refractivity contribution in [2.24, 2.45) is 0 Å². The average Bonchev–Trinajstić information content (AvgIpc) is 2.47. The number of carbonyl (C=O) groups is 1. The molecule has 4 heteroatoms. The Kier molecular flexibility index (Phi) is 5.30. The van der Waals surface area contributed by atoms with Crippen LogP contribution >= 0.6 is 15.9 Å². The molecule has 0 atom stereocenters. The molecule has 0 aromatic heterocycles. The van der Waals surface area contributed by atoms with Crippen molar-refractivity contribution in [1.82, 2.24) is 5.32 Å². The van der Waals surface area contributed by atoms with Crippen LogP contribution in [0.15, 0.2) is 48.5 Å². The molecule has 0 aliphatic carbocycles. The first kappa shape index (κ1) is 14.7. The maximum absolute atomic E-state index is 13.0. The van der Waals surface area contributed by atoms with Gasteiger partial charge in [-0.05, 0) is 41.8 Å².